The number of aliphatic carboxylic acids is 1. The Morgan fingerprint density at radius 1 is 1.29 bits per heavy atom. The molecule has 1 atom stereocenters. The average molecular weight is 245 g/mol. The molecule has 0 saturated carbocycles. The number of carboxylic acid groups (broad SMARTS) is 1. The first-order valence-electron chi connectivity index (χ1n) is 5.83. The summed E-state index contributed by atoms with van der Waals surface area (Å²) < 4.78 is 5.04. The van der Waals surface area contributed by atoms with E-state index >= 15 is 0 Å². The molecule has 17 heavy (non-hydrogen) atoms. The minimum Gasteiger partial charge on any atom is -0.481 e. The van der Waals surface area contributed by atoms with E-state index in [1.165, 1.54) is 0 Å². The monoisotopic (exact) mass is 245 g/mol. The number of carbonyl (C=O) groups is 2. The minimum absolute atomic E-state index is 0.0490. The lowest BCUT2D eigenvalue weighted by Gasteiger charge is -2.20. The summed E-state index contributed by atoms with van der Waals surface area (Å²) in [6, 6.07) is 0. The molecule has 0 saturated heterocycles. The zero-order chi connectivity index (χ0) is 13.6. The van der Waals surface area contributed by atoms with Crippen molar-refractivity contribution >= 4 is 12.1 Å². The third kappa shape index (κ3) is 7.60. The van der Waals surface area contributed by atoms with E-state index in [0.717, 1.165) is 0 Å². The van der Waals surface area contributed by atoms with E-state index in [1.54, 1.807) is 20.8 Å². The molecule has 0 aromatic rings. The highest BCUT2D eigenvalue weighted by molar-refractivity contribution is 5.70. The number of amides is 1. The summed E-state index contributed by atoms with van der Waals surface area (Å²) in [6.45, 7) is 9.35. The first-order chi connectivity index (χ1) is 7.63. The van der Waals surface area contributed by atoms with Crippen LogP contribution < -0.4 is 5.32 Å². The first kappa shape index (κ1) is 15.7. The Bertz CT molecular complexity index is 268. The summed E-state index contributed by atoms with van der Waals surface area (Å²) >= 11 is 0. The number of alkyl carbamates (subject to hydrolysis) is 1. The molecule has 1 amide bonds. The molecule has 5 heteroatoms. The minimum atomic E-state index is -0.828. The lowest BCUT2D eigenvalue weighted by molar-refractivity contribution is -0.143. The molecule has 0 aliphatic heterocycles. The van der Waals surface area contributed by atoms with Crippen LogP contribution in [-0.4, -0.2) is 29.3 Å². The molecular formula is C12H23NO4. The van der Waals surface area contributed by atoms with Gasteiger partial charge < -0.3 is 15.2 Å². The second-order valence-electron chi connectivity index (χ2n) is 5.41. The number of carboxylic acids is 1. The largest absolute Gasteiger partial charge is 0.481 e. The highest BCUT2D eigenvalue weighted by Crippen LogP contribution is 2.14. The Morgan fingerprint density at radius 2 is 1.82 bits per heavy atom. The van der Waals surface area contributed by atoms with Crippen molar-refractivity contribution in [3.05, 3.63) is 0 Å². The van der Waals surface area contributed by atoms with Gasteiger partial charge in [-0.1, -0.05) is 13.8 Å². The summed E-state index contributed by atoms with van der Waals surface area (Å²) in [5.74, 6) is -1.22. The molecule has 0 aliphatic carbocycles. The zero-order valence-corrected chi connectivity index (χ0v) is 11.2. The van der Waals surface area contributed by atoms with Crippen LogP contribution >= 0.6 is 0 Å². The third-order valence-corrected chi connectivity index (χ3v) is 2.25. The van der Waals surface area contributed by atoms with Gasteiger partial charge in [-0.15, -0.1) is 0 Å². The Labute approximate surface area is 103 Å². The van der Waals surface area contributed by atoms with E-state index in [-0.39, 0.29) is 5.92 Å². The van der Waals surface area contributed by atoms with Gasteiger partial charge in [0.05, 0.1) is 5.92 Å². The van der Waals surface area contributed by atoms with E-state index in [0.29, 0.717) is 13.0 Å². The SMILES string of the molecule is CC(C)[C@@H](CCNC(=O)OC(C)(C)C)C(=O)O. The molecule has 0 aromatic carbocycles. The van der Waals surface area contributed by atoms with Gasteiger partial charge >= 0.3 is 12.1 Å². The predicted molar refractivity (Wildman–Crippen MR) is 64.8 cm³/mol. The first-order valence-corrected chi connectivity index (χ1v) is 5.83. The van der Waals surface area contributed by atoms with Crippen molar-refractivity contribution in [1.29, 1.82) is 0 Å². The van der Waals surface area contributed by atoms with Crippen LogP contribution in [0.25, 0.3) is 0 Å². The van der Waals surface area contributed by atoms with E-state index in [1.807, 2.05) is 13.8 Å². The second kappa shape index (κ2) is 6.47. The molecule has 0 aromatic heterocycles. The van der Waals surface area contributed by atoms with Crippen molar-refractivity contribution in [3.63, 3.8) is 0 Å². The van der Waals surface area contributed by atoms with E-state index in [2.05, 4.69) is 5.32 Å². The molecule has 0 heterocycles. The Balaban J connectivity index is 3.98. The van der Waals surface area contributed by atoms with Crippen molar-refractivity contribution < 1.29 is 19.4 Å². The van der Waals surface area contributed by atoms with Crippen LogP contribution in [-0.2, 0) is 9.53 Å². The van der Waals surface area contributed by atoms with Gasteiger partial charge in [-0.05, 0) is 33.1 Å². The summed E-state index contributed by atoms with van der Waals surface area (Å²) in [7, 11) is 0. The summed E-state index contributed by atoms with van der Waals surface area (Å²) in [5, 5.41) is 11.5. The molecule has 2 N–H and O–H groups in total. The van der Waals surface area contributed by atoms with Gasteiger partial charge in [0, 0.05) is 6.54 Å². The Kier molecular flexibility index (Phi) is 5.99. The van der Waals surface area contributed by atoms with Gasteiger partial charge in [0.2, 0.25) is 0 Å². The Morgan fingerprint density at radius 3 is 2.18 bits per heavy atom. The van der Waals surface area contributed by atoms with Crippen molar-refractivity contribution in [1.82, 2.24) is 5.32 Å². The number of ether oxygens (including phenoxy) is 1. The fraction of sp³-hybridized carbons (Fsp3) is 0.833. The molecule has 0 spiro atoms. The number of rotatable bonds is 5. The molecule has 0 fully saturated rings. The molecule has 0 radical (unpaired) electrons. The van der Waals surface area contributed by atoms with Crippen molar-refractivity contribution in [2.45, 2.75) is 46.6 Å². The maximum atomic E-state index is 11.3. The van der Waals surface area contributed by atoms with Crippen LogP contribution in [0.5, 0.6) is 0 Å². The topological polar surface area (TPSA) is 75.6 Å². The Hall–Kier alpha value is -1.26. The van der Waals surface area contributed by atoms with Crippen LogP contribution in [0.2, 0.25) is 0 Å². The van der Waals surface area contributed by atoms with Gasteiger partial charge in [0.15, 0.2) is 0 Å². The van der Waals surface area contributed by atoms with Gasteiger partial charge in [-0.2, -0.15) is 0 Å². The highest BCUT2D eigenvalue weighted by Gasteiger charge is 2.22. The predicted octanol–water partition coefficient (Wildman–Crippen LogP) is 2.26. The van der Waals surface area contributed by atoms with E-state index in [4.69, 9.17) is 9.84 Å². The van der Waals surface area contributed by atoms with Gasteiger partial charge in [0.1, 0.15) is 5.60 Å². The third-order valence-electron chi connectivity index (χ3n) is 2.25. The van der Waals surface area contributed by atoms with Crippen LogP contribution in [0.15, 0.2) is 0 Å². The normalized spacial score (nSPS) is 13.3. The number of hydrogen-bond donors (Lipinski definition) is 2. The van der Waals surface area contributed by atoms with Crippen molar-refractivity contribution in [2.75, 3.05) is 6.54 Å². The quantitative estimate of drug-likeness (QED) is 0.779. The number of carbonyl (C=O) groups excluding carboxylic acids is 1. The maximum absolute atomic E-state index is 11.3. The van der Waals surface area contributed by atoms with Crippen molar-refractivity contribution in [2.24, 2.45) is 11.8 Å². The highest BCUT2D eigenvalue weighted by atomic mass is 16.6. The van der Waals surface area contributed by atoms with Gasteiger partial charge in [-0.25, -0.2) is 4.79 Å². The van der Waals surface area contributed by atoms with Crippen LogP contribution in [0.4, 0.5) is 4.79 Å². The van der Waals surface area contributed by atoms with Crippen molar-refractivity contribution in [3.8, 4) is 0 Å². The van der Waals surface area contributed by atoms with Gasteiger partial charge in [-0.3, -0.25) is 4.79 Å². The lowest BCUT2D eigenvalue weighted by atomic mass is 9.93. The molecule has 0 bridgehead atoms. The smallest absolute Gasteiger partial charge is 0.407 e. The summed E-state index contributed by atoms with van der Waals surface area (Å²) in [5.41, 5.74) is -0.533. The maximum Gasteiger partial charge on any atom is 0.407 e. The van der Waals surface area contributed by atoms with Crippen LogP contribution in [0, 0.1) is 11.8 Å². The average Bonchev–Trinajstić information content (AvgIpc) is 2.07. The fourth-order valence-corrected chi connectivity index (χ4v) is 1.39. The number of nitrogens with one attached hydrogen (secondary N) is 1. The molecule has 100 valence electrons. The van der Waals surface area contributed by atoms with E-state index in [9.17, 15) is 9.59 Å². The standard InChI is InChI=1S/C12H23NO4/c1-8(2)9(10(14)15)6-7-13-11(16)17-12(3,4)5/h8-9H,6-7H2,1-5H3,(H,13,16)(H,14,15)/t9-/m1/s1. The summed E-state index contributed by atoms with van der Waals surface area (Å²) in [4.78, 5) is 22.2. The fourth-order valence-electron chi connectivity index (χ4n) is 1.39. The second-order valence-corrected chi connectivity index (χ2v) is 5.41. The van der Waals surface area contributed by atoms with Crippen LogP contribution in [0.1, 0.15) is 41.0 Å². The molecular weight excluding hydrogens is 222 g/mol. The summed E-state index contributed by atoms with van der Waals surface area (Å²) in [6.07, 6.45) is -0.0999. The molecule has 0 unspecified atom stereocenters. The lowest BCUT2D eigenvalue weighted by Crippen LogP contribution is -2.34. The molecule has 0 aliphatic rings. The number of hydrogen-bond acceptors (Lipinski definition) is 3. The molecule has 0 rings (SSSR count). The van der Waals surface area contributed by atoms with Crippen LogP contribution in [0.3, 0.4) is 0 Å². The zero-order valence-electron chi connectivity index (χ0n) is 11.2. The van der Waals surface area contributed by atoms with Gasteiger partial charge in [0.25, 0.3) is 0 Å². The molecule has 5 nitrogen and oxygen atoms in total. The van der Waals surface area contributed by atoms with E-state index < -0.39 is 23.6 Å².